The molecule has 4 rings (SSSR count). The fraction of sp³-hybridized carbons (Fsp3) is 0.550. The summed E-state index contributed by atoms with van der Waals surface area (Å²) >= 11 is 0. The van der Waals surface area contributed by atoms with Gasteiger partial charge in [0.2, 0.25) is 0 Å². The van der Waals surface area contributed by atoms with Crippen molar-refractivity contribution in [3.05, 3.63) is 47.0 Å². The molecular formula is C20H27N3OS. The Bertz CT molecular complexity index is 781. The highest BCUT2D eigenvalue weighted by Crippen LogP contribution is 2.34. The first-order valence-electron chi connectivity index (χ1n) is 9.34. The van der Waals surface area contributed by atoms with Crippen LogP contribution < -0.4 is 0 Å². The molecule has 2 atom stereocenters. The molecule has 0 N–H and O–H groups in total. The normalized spacial score (nSPS) is 22.1. The molecule has 1 aliphatic heterocycles. The van der Waals surface area contributed by atoms with Crippen LogP contribution in [-0.2, 0) is 37.2 Å². The standard InChI is InChI=1S/C20H27N3OS/c1-22-18-7-4-3-6-17(18)21-20(22)19-8-5-13-23(19)14-15-9-11-16(12-10-15)25(2)24/h9-12,19H,3-8,13-14H2,1-2H3. The van der Waals surface area contributed by atoms with Crippen molar-refractivity contribution >= 4 is 10.8 Å². The van der Waals surface area contributed by atoms with Crippen LogP contribution in [0.5, 0.6) is 0 Å². The molecule has 2 unspecified atom stereocenters. The predicted octanol–water partition coefficient (Wildman–Crippen LogP) is 3.37. The number of hydrogen-bond acceptors (Lipinski definition) is 3. The van der Waals surface area contributed by atoms with E-state index < -0.39 is 10.8 Å². The van der Waals surface area contributed by atoms with E-state index in [4.69, 9.17) is 4.98 Å². The summed E-state index contributed by atoms with van der Waals surface area (Å²) in [5.74, 6) is 1.26. The quantitative estimate of drug-likeness (QED) is 0.842. The Morgan fingerprint density at radius 3 is 2.64 bits per heavy atom. The van der Waals surface area contributed by atoms with Gasteiger partial charge in [-0.25, -0.2) is 4.98 Å². The number of nitrogens with zero attached hydrogens (tertiary/aromatic N) is 3. The number of benzene rings is 1. The first-order valence-corrected chi connectivity index (χ1v) is 10.9. The molecule has 134 valence electrons. The summed E-state index contributed by atoms with van der Waals surface area (Å²) in [7, 11) is 1.30. The van der Waals surface area contributed by atoms with Gasteiger partial charge in [0.25, 0.3) is 0 Å². The molecule has 0 amide bonds. The van der Waals surface area contributed by atoms with Crippen molar-refractivity contribution in [1.29, 1.82) is 0 Å². The van der Waals surface area contributed by atoms with Gasteiger partial charge < -0.3 is 4.57 Å². The lowest BCUT2D eigenvalue weighted by molar-refractivity contribution is 0.236. The summed E-state index contributed by atoms with van der Waals surface area (Å²) < 4.78 is 13.9. The minimum atomic E-state index is -0.904. The first-order chi connectivity index (χ1) is 12.1. The van der Waals surface area contributed by atoms with Crippen LogP contribution in [0.15, 0.2) is 29.2 Å². The summed E-state index contributed by atoms with van der Waals surface area (Å²) in [6.45, 7) is 2.07. The Kier molecular flexibility index (Phi) is 4.78. The average Bonchev–Trinajstić information content (AvgIpc) is 3.20. The van der Waals surface area contributed by atoms with Crippen LogP contribution in [0.2, 0.25) is 0 Å². The van der Waals surface area contributed by atoms with Crippen molar-refractivity contribution < 1.29 is 4.21 Å². The summed E-state index contributed by atoms with van der Waals surface area (Å²) in [6, 6.07) is 8.66. The predicted molar refractivity (Wildman–Crippen MR) is 101 cm³/mol. The average molecular weight is 358 g/mol. The number of aryl methyl sites for hydroxylation is 1. The van der Waals surface area contributed by atoms with Gasteiger partial charge in [0.15, 0.2) is 0 Å². The van der Waals surface area contributed by atoms with E-state index >= 15 is 0 Å². The highest BCUT2D eigenvalue weighted by atomic mass is 32.2. The van der Waals surface area contributed by atoms with E-state index in [2.05, 4.69) is 28.6 Å². The number of imidazole rings is 1. The molecule has 1 fully saturated rings. The summed E-state index contributed by atoms with van der Waals surface area (Å²) in [6.07, 6.45) is 9.07. The minimum Gasteiger partial charge on any atom is -0.334 e. The molecule has 1 aliphatic carbocycles. The number of hydrogen-bond donors (Lipinski definition) is 0. The third-order valence-electron chi connectivity index (χ3n) is 5.71. The summed E-state index contributed by atoms with van der Waals surface area (Å²) in [5.41, 5.74) is 4.09. The number of rotatable bonds is 4. The molecule has 2 aromatic rings. The largest absolute Gasteiger partial charge is 0.334 e. The third kappa shape index (κ3) is 3.32. The van der Waals surface area contributed by atoms with Gasteiger partial charge in [0.1, 0.15) is 5.82 Å². The van der Waals surface area contributed by atoms with Gasteiger partial charge in [0, 0.05) is 41.2 Å². The molecule has 1 saturated heterocycles. The molecular weight excluding hydrogens is 330 g/mol. The summed E-state index contributed by atoms with van der Waals surface area (Å²) in [5, 5.41) is 0. The number of fused-ring (bicyclic) bond motifs is 1. The van der Waals surface area contributed by atoms with E-state index in [1.54, 1.807) is 6.26 Å². The van der Waals surface area contributed by atoms with Crippen LogP contribution in [0.25, 0.3) is 0 Å². The van der Waals surface area contributed by atoms with Crippen molar-refractivity contribution in [2.75, 3.05) is 12.8 Å². The van der Waals surface area contributed by atoms with Crippen LogP contribution in [0.1, 0.15) is 54.5 Å². The molecule has 0 saturated carbocycles. The van der Waals surface area contributed by atoms with Gasteiger partial charge in [-0.1, -0.05) is 12.1 Å². The molecule has 4 nitrogen and oxygen atoms in total. The van der Waals surface area contributed by atoms with Gasteiger partial charge in [-0.3, -0.25) is 9.11 Å². The van der Waals surface area contributed by atoms with Crippen LogP contribution >= 0.6 is 0 Å². The zero-order valence-electron chi connectivity index (χ0n) is 15.2. The third-order valence-corrected chi connectivity index (χ3v) is 6.65. The van der Waals surface area contributed by atoms with Crippen molar-refractivity contribution in [3.63, 3.8) is 0 Å². The smallest absolute Gasteiger partial charge is 0.126 e. The van der Waals surface area contributed by atoms with Gasteiger partial charge >= 0.3 is 0 Å². The van der Waals surface area contributed by atoms with Crippen molar-refractivity contribution in [3.8, 4) is 0 Å². The van der Waals surface area contributed by atoms with E-state index in [0.717, 1.165) is 24.4 Å². The van der Waals surface area contributed by atoms with Crippen LogP contribution in [0, 0.1) is 0 Å². The van der Waals surface area contributed by atoms with Gasteiger partial charge in [-0.15, -0.1) is 0 Å². The van der Waals surface area contributed by atoms with Crippen LogP contribution in [0.3, 0.4) is 0 Å². The van der Waals surface area contributed by atoms with Gasteiger partial charge in [-0.05, 0) is 62.8 Å². The molecule has 0 bridgehead atoms. The minimum absolute atomic E-state index is 0.426. The maximum atomic E-state index is 11.6. The topological polar surface area (TPSA) is 38.1 Å². The second kappa shape index (κ2) is 7.04. The fourth-order valence-corrected chi connectivity index (χ4v) is 4.85. The maximum absolute atomic E-state index is 11.6. The summed E-state index contributed by atoms with van der Waals surface area (Å²) in [4.78, 5) is 8.51. The number of likely N-dealkylation sites (tertiary alicyclic amines) is 1. The molecule has 25 heavy (non-hydrogen) atoms. The van der Waals surface area contributed by atoms with Crippen molar-refractivity contribution in [1.82, 2.24) is 14.5 Å². The van der Waals surface area contributed by atoms with E-state index in [9.17, 15) is 4.21 Å². The van der Waals surface area contributed by atoms with Crippen molar-refractivity contribution in [2.45, 2.75) is 56.0 Å². The lowest BCUT2D eigenvalue weighted by Crippen LogP contribution is -2.25. The van der Waals surface area contributed by atoms with E-state index in [-0.39, 0.29) is 0 Å². The second-order valence-electron chi connectivity index (χ2n) is 7.36. The molecule has 1 aromatic heterocycles. The Morgan fingerprint density at radius 1 is 1.16 bits per heavy atom. The van der Waals surface area contributed by atoms with E-state index in [0.29, 0.717) is 6.04 Å². The van der Waals surface area contributed by atoms with Gasteiger partial charge in [0.05, 0.1) is 11.7 Å². The van der Waals surface area contributed by atoms with Crippen LogP contribution in [-0.4, -0.2) is 31.5 Å². The number of aromatic nitrogens is 2. The highest BCUT2D eigenvalue weighted by molar-refractivity contribution is 7.84. The molecule has 5 heteroatoms. The molecule has 2 heterocycles. The fourth-order valence-electron chi connectivity index (χ4n) is 4.33. The lowest BCUT2D eigenvalue weighted by Gasteiger charge is -2.24. The Morgan fingerprint density at radius 2 is 1.92 bits per heavy atom. The molecule has 1 aromatic carbocycles. The van der Waals surface area contributed by atoms with Crippen LogP contribution in [0.4, 0.5) is 0 Å². The second-order valence-corrected chi connectivity index (χ2v) is 8.74. The SMILES string of the molecule is Cn1c(C2CCCN2Cc2ccc(S(C)=O)cc2)nc2c1CCCC2. The van der Waals surface area contributed by atoms with E-state index in [1.807, 2.05) is 12.1 Å². The zero-order chi connectivity index (χ0) is 17.4. The Hall–Kier alpha value is -1.46. The lowest BCUT2D eigenvalue weighted by atomic mass is 10.0. The van der Waals surface area contributed by atoms with E-state index in [1.165, 1.54) is 54.9 Å². The van der Waals surface area contributed by atoms with Gasteiger partial charge in [-0.2, -0.15) is 0 Å². The highest BCUT2D eigenvalue weighted by Gasteiger charge is 2.31. The Balaban J connectivity index is 1.54. The molecule has 0 spiro atoms. The maximum Gasteiger partial charge on any atom is 0.126 e. The zero-order valence-corrected chi connectivity index (χ0v) is 16.0. The monoisotopic (exact) mass is 357 g/mol. The molecule has 2 aliphatic rings. The molecule has 0 radical (unpaired) electrons. The van der Waals surface area contributed by atoms with Crippen molar-refractivity contribution in [2.24, 2.45) is 7.05 Å². The Labute approximate surface area is 152 Å². The first kappa shape index (κ1) is 17.0.